The fourth-order valence-electron chi connectivity index (χ4n) is 1.63. The van der Waals surface area contributed by atoms with Crippen molar-refractivity contribution in [2.24, 2.45) is 0 Å². The van der Waals surface area contributed by atoms with Crippen molar-refractivity contribution in [3.63, 3.8) is 0 Å². The normalized spacial score (nSPS) is 11.7. The molecule has 0 fully saturated rings. The van der Waals surface area contributed by atoms with E-state index in [1.807, 2.05) is 39.0 Å². The van der Waals surface area contributed by atoms with Gasteiger partial charge in [0.05, 0.1) is 0 Å². The van der Waals surface area contributed by atoms with Crippen LogP contribution in [0.2, 0.25) is 0 Å². The SMILES string of the molecule is CCC(C)NC(=O)CCNC(=O)c1cccc(C)c1. The molecule has 0 heterocycles. The molecule has 0 saturated heterocycles. The summed E-state index contributed by atoms with van der Waals surface area (Å²) in [5.41, 5.74) is 1.67. The van der Waals surface area contributed by atoms with Crippen LogP contribution in [0.3, 0.4) is 0 Å². The summed E-state index contributed by atoms with van der Waals surface area (Å²) in [7, 11) is 0. The Kier molecular flexibility index (Phi) is 6.06. The first kappa shape index (κ1) is 15.2. The first-order chi connectivity index (χ1) is 9.02. The van der Waals surface area contributed by atoms with Crippen molar-refractivity contribution in [3.8, 4) is 0 Å². The van der Waals surface area contributed by atoms with Crippen LogP contribution in [0.1, 0.15) is 42.6 Å². The highest BCUT2D eigenvalue weighted by atomic mass is 16.2. The zero-order valence-electron chi connectivity index (χ0n) is 11.8. The van der Waals surface area contributed by atoms with E-state index in [1.54, 1.807) is 6.07 Å². The molecule has 0 aliphatic carbocycles. The number of amides is 2. The molecule has 0 saturated carbocycles. The molecule has 2 N–H and O–H groups in total. The maximum absolute atomic E-state index is 11.8. The van der Waals surface area contributed by atoms with Gasteiger partial charge < -0.3 is 10.6 Å². The molecular weight excluding hydrogens is 240 g/mol. The molecule has 19 heavy (non-hydrogen) atoms. The van der Waals surface area contributed by atoms with Gasteiger partial charge in [0.1, 0.15) is 0 Å². The number of carbonyl (C=O) groups is 2. The Morgan fingerprint density at radius 1 is 1.32 bits per heavy atom. The van der Waals surface area contributed by atoms with E-state index >= 15 is 0 Å². The molecule has 0 radical (unpaired) electrons. The summed E-state index contributed by atoms with van der Waals surface area (Å²) in [6.45, 7) is 6.28. The number of rotatable bonds is 6. The second kappa shape index (κ2) is 7.56. The van der Waals surface area contributed by atoms with Gasteiger partial charge in [0, 0.05) is 24.6 Å². The summed E-state index contributed by atoms with van der Waals surface area (Å²) in [5, 5.41) is 5.61. The van der Waals surface area contributed by atoms with Gasteiger partial charge in [-0.15, -0.1) is 0 Å². The number of hydrogen-bond donors (Lipinski definition) is 2. The Bertz CT molecular complexity index is 444. The van der Waals surface area contributed by atoms with E-state index in [0.29, 0.717) is 18.5 Å². The lowest BCUT2D eigenvalue weighted by Gasteiger charge is -2.11. The fourth-order valence-corrected chi connectivity index (χ4v) is 1.63. The number of nitrogens with one attached hydrogen (secondary N) is 2. The van der Waals surface area contributed by atoms with Gasteiger partial charge in [0.2, 0.25) is 5.91 Å². The van der Waals surface area contributed by atoms with Gasteiger partial charge in [-0.1, -0.05) is 24.6 Å². The predicted octanol–water partition coefficient (Wildman–Crippen LogP) is 2.03. The third-order valence-corrected chi connectivity index (χ3v) is 2.94. The average molecular weight is 262 g/mol. The molecule has 0 aliphatic rings. The van der Waals surface area contributed by atoms with Crippen LogP contribution in [0, 0.1) is 6.92 Å². The summed E-state index contributed by atoms with van der Waals surface area (Å²) in [6, 6.07) is 7.56. The van der Waals surface area contributed by atoms with Crippen LogP contribution >= 0.6 is 0 Å². The lowest BCUT2D eigenvalue weighted by atomic mass is 10.1. The van der Waals surface area contributed by atoms with Gasteiger partial charge in [-0.25, -0.2) is 0 Å². The first-order valence-electron chi connectivity index (χ1n) is 6.67. The van der Waals surface area contributed by atoms with Crippen molar-refractivity contribution in [1.82, 2.24) is 10.6 Å². The van der Waals surface area contributed by atoms with Crippen LogP contribution in [-0.2, 0) is 4.79 Å². The van der Waals surface area contributed by atoms with Crippen LogP contribution in [0.25, 0.3) is 0 Å². The minimum Gasteiger partial charge on any atom is -0.354 e. The van der Waals surface area contributed by atoms with Crippen molar-refractivity contribution in [3.05, 3.63) is 35.4 Å². The third kappa shape index (κ3) is 5.55. The van der Waals surface area contributed by atoms with Crippen molar-refractivity contribution >= 4 is 11.8 Å². The molecule has 2 amide bonds. The molecular formula is C15H22N2O2. The summed E-state index contributed by atoms with van der Waals surface area (Å²) in [5.74, 6) is -0.168. The smallest absolute Gasteiger partial charge is 0.251 e. The number of aryl methyl sites for hydroxylation is 1. The second-order valence-corrected chi connectivity index (χ2v) is 4.75. The third-order valence-electron chi connectivity index (χ3n) is 2.94. The lowest BCUT2D eigenvalue weighted by Crippen LogP contribution is -2.35. The molecule has 0 aromatic heterocycles. The van der Waals surface area contributed by atoms with Crippen molar-refractivity contribution in [1.29, 1.82) is 0 Å². The van der Waals surface area contributed by atoms with E-state index in [9.17, 15) is 9.59 Å². The zero-order valence-corrected chi connectivity index (χ0v) is 11.8. The van der Waals surface area contributed by atoms with E-state index in [-0.39, 0.29) is 17.9 Å². The molecule has 1 aromatic rings. The van der Waals surface area contributed by atoms with Gasteiger partial charge in [0.25, 0.3) is 5.91 Å². The maximum atomic E-state index is 11.8. The lowest BCUT2D eigenvalue weighted by molar-refractivity contribution is -0.121. The molecule has 4 heteroatoms. The molecule has 1 rings (SSSR count). The molecule has 104 valence electrons. The minimum atomic E-state index is -0.139. The topological polar surface area (TPSA) is 58.2 Å². The van der Waals surface area contributed by atoms with Crippen LogP contribution < -0.4 is 10.6 Å². The maximum Gasteiger partial charge on any atom is 0.251 e. The highest BCUT2D eigenvalue weighted by Crippen LogP contribution is 2.03. The van der Waals surface area contributed by atoms with Crippen molar-refractivity contribution in [2.45, 2.75) is 39.7 Å². The largest absolute Gasteiger partial charge is 0.354 e. The molecule has 1 unspecified atom stereocenters. The molecule has 0 spiro atoms. The van der Waals surface area contributed by atoms with E-state index in [1.165, 1.54) is 0 Å². The van der Waals surface area contributed by atoms with E-state index in [0.717, 1.165) is 12.0 Å². The average Bonchev–Trinajstić information content (AvgIpc) is 2.38. The first-order valence-corrected chi connectivity index (χ1v) is 6.67. The summed E-state index contributed by atoms with van der Waals surface area (Å²) >= 11 is 0. The van der Waals surface area contributed by atoms with Crippen molar-refractivity contribution in [2.75, 3.05) is 6.54 Å². The van der Waals surface area contributed by atoms with Crippen LogP contribution in [0.4, 0.5) is 0 Å². The molecule has 1 aromatic carbocycles. The molecule has 4 nitrogen and oxygen atoms in total. The fraction of sp³-hybridized carbons (Fsp3) is 0.467. The Morgan fingerprint density at radius 3 is 2.68 bits per heavy atom. The van der Waals surface area contributed by atoms with E-state index < -0.39 is 0 Å². The summed E-state index contributed by atoms with van der Waals surface area (Å²) < 4.78 is 0. The monoisotopic (exact) mass is 262 g/mol. The summed E-state index contributed by atoms with van der Waals surface area (Å²) in [4.78, 5) is 23.3. The Morgan fingerprint density at radius 2 is 2.05 bits per heavy atom. The highest BCUT2D eigenvalue weighted by Gasteiger charge is 2.08. The minimum absolute atomic E-state index is 0.0288. The summed E-state index contributed by atoms with van der Waals surface area (Å²) in [6.07, 6.45) is 1.21. The Labute approximate surface area is 114 Å². The number of hydrogen-bond acceptors (Lipinski definition) is 2. The van der Waals surface area contributed by atoms with E-state index in [2.05, 4.69) is 10.6 Å². The van der Waals surface area contributed by atoms with Crippen molar-refractivity contribution < 1.29 is 9.59 Å². The molecule has 1 atom stereocenters. The van der Waals surface area contributed by atoms with Crippen LogP contribution in [-0.4, -0.2) is 24.4 Å². The van der Waals surface area contributed by atoms with E-state index in [4.69, 9.17) is 0 Å². The van der Waals surface area contributed by atoms with Gasteiger partial charge in [-0.05, 0) is 32.4 Å². The number of benzene rings is 1. The van der Waals surface area contributed by atoms with Gasteiger partial charge in [0.15, 0.2) is 0 Å². The van der Waals surface area contributed by atoms with Crippen LogP contribution in [0.5, 0.6) is 0 Å². The Balaban J connectivity index is 2.33. The number of carbonyl (C=O) groups excluding carboxylic acids is 2. The highest BCUT2D eigenvalue weighted by molar-refractivity contribution is 5.94. The van der Waals surface area contributed by atoms with Gasteiger partial charge in [-0.3, -0.25) is 9.59 Å². The molecule has 0 bridgehead atoms. The quantitative estimate of drug-likeness (QED) is 0.824. The Hall–Kier alpha value is -1.84. The molecule has 0 aliphatic heterocycles. The standard InChI is InChI=1S/C15H22N2O2/c1-4-12(3)17-14(18)8-9-16-15(19)13-7-5-6-11(2)10-13/h5-7,10,12H,4,8-9H2,1-3H3,(H,16,19)(H,17,18). The van der Waals surface area contributed by atoms with Gasteiger partial charge >= 0.3 is 0 Å². The van der Waals surface area contributed by atoms with Gasteiger partial charge in [-0.2, -0.15) is 0 Å². The predicted molar refractivity (Wildman–Crippen MR) is 76.0 cm³/mol. The second-order valence-electron chi connectivity index (χ2n) is 4.75. The zero-order chi connectivity index (χ0) is 14.3. The van der Waals surface area contributed by atoms with Crippen LogP contribution in [0.15, 0.2) is 24.3 Å².